The normalized spacial score (nSPS) is 12.4. The van der Waals surface area contributed by atoms with Crippen LogP contribution in [-0.2, 0) is 25.7 Å². The Morgan fingerprint density at radius 3 is 1.29 bits per heavy atom. The summed E-state index contributed by atoms with van der Waals surface area (Å²) >= 11 is 0. The molecule has 0 saturated carbocycles. The van der Waals surface area contributed by atoms with Crippen LogP contribution in [0.3, 0.4) is 0 Å². The van der Waals surface area contributed by atoms with Crippen molar-refractivity contribution in [3.63, 3.8) is 0 Å². The van der Waals surface area contributed by atoms with Gasteiger partial charge in [-0.15, -0.1) is 0 Å². The average Bonchev–Trinajstić information content (AvgIpc) is 2.91. The lowest BCUT2D eigenvalue weighted by atomic mass is 9.98. The second-order valence-corrected chi connectivity index (χ2v) is 10.9. The van der Waals surface area contributed by atoms with E-state index in [4.69, 9.17) is 9.98 Å². The van der Waals surface area contributed by atoms with Gasteiger partial charge in [0.1, 0.15) is 0 Å². The second kappa shape index (κ2) is 18.9. The molecule has 2 nitrogen and oxygen atoms in total. The van der Waals surface area contributed by atoms with Gasteiger partial charge in [-0.2, -0.15) is 0 Å². The summed E-state index contributed by atoms with van der Waals surface area (Å²) in [5, 5.41) is 0. The van der Waals surface area contributed by atoms with Gasteiger partial charge in [-0.3, -0.25) is 9.98 Å². The molecule has 2 rings (SSSR count). The quantitative estimate of drug-likeness (QED) is 0.131. The second-order valence-electron chi connectivity index (χ2n) is 10.9. The minimum absolute atomic E-state index is 0.999. The van der Waals surface area contributed by atoms with Crippen LogP contribution in [0.2, 0.25) is 0 Å². The summed E-state index contributed by atoms with van der Waals surface area (Å²) in [6.45, 7) is 13.7. The van der Waals surface area contributed by atoms with Crippen LogP contribution in [0.4, 0.5) is 11.4 Å². The van der Waals surface area contributed by atoms with Crippen molar-refractivity contribution >= 4 is 22.8 Å². The molecule has 2 aromatic rings. The minimum atomic E-state index is 0.999. The monoisotopic (exact) mass is 516 g/mol. The van der Waals surface area contributed by atoms with Crippen molar-refractivity contribution in [2.75, 3.05) is 0 Å². The first-order chi connectivity index (χ1) is 18.6. The lowest BCUT2D eigenvalue weighted by Gasteiger charge is -2.14. The van der Waals surface area contributed by atoms with E-state index in [0.29, 0.717) is 0 Å². The molecule has 0 spiro atoms. The highest BCUT2D eigenvalue weighted by Crippen LogP contribution is 2.25. The first-order valence-corrected chi connectivity index (χ1v) is 16.0. The number of nitrogens with zero attached hydrogens (tertiary/aromatic N) is 2. The van der Waals surface area contributed by atoms with Gasteiger partial charge in [0.25, 0.3) is 0 Å². The third-order valence-corrected chi connectivity index (χ3v) is 7.35. The van der Waals surface area contributed by atoms with Crippen LogP contribution < -0.4 is 0 Å². The highest BCUT2D eigenvalue weighted by atomic mass is 14.8. The predicted molar refractivity (Wildman–Crippen MR) is 171 cm³/mol. The van der Waals surface area contributed by atoms with Crippen LogP contribution >= 0.6 is 0 Å². The summed E-state index contributed by atoms with van der Waals surface area (Å²) in [4.78, 5) is 10.7. The fraction of sp³-hybridized carbons (Fsp3) is 0.611. The number of aliphatic imine (C=N–C) groups is 2. The number of hydrogen-bond donors (Lipinski definition) is 0. The van der Waals surface area contributed by atoms with Crippen LogP contribution in [0.5, 0.6) is 0 Å². The van der Waals surface area contributed by atoms with Gasteiger partial charge in [0.15, 0.2) is 0 Å². The van der Waals surface area contributed by atoms with Crippen molar-refractivity contribution in [3.05, 3.63) is 58.7 Å². The van der Waals surface area contributed by atoms with E-state index >= 15 is 0 Å². The first kappa shape index (κ1) is 32.0. The molecule has 0 aromatic heterocycles. The number of unbranched alkanes of at least 4 members (excludes halogenated alkanes) is 4. The number of benzene rings is 2. The van der Waals surface area contributed by atoms with Gasteiger partial charge in [-0.05, 0) is 97.9 Å². The van der Waals surface area contributed by atoms with Crippen LogP contribution in [0.1, 0.15) is 141 Å². The molecular weight excluding hydrogens is 460 g/mol. The molecule has 0 aliphatic carbocycles. The maximum absolute atomic E-state index is 5.34. The van der Waals surface area contributed by atoms with Gasteiger partial charge in [0.2, 0.25) is 0 Å². The molecule has 0 heterocycles. The SMILES string of the molecule is CCCCCCC(=Nc1ccc(CCC)c(CCC)c1)C(CCCC)=Nc1ccc(CCC)c(CCC)c1. The Morgan fingerprint density at radius 2 is 0.868 bits per heavy atom. The van der Waals surface area contributed by atoms with Crippen LogP contribution in [0.25, 0.3) is 0 Å². The Labute approximate surface area is 235 Å². The fourth-order valence-electron chi connectivity index (χ4n) is 5.30. The van der Waals surface area contributed by atoms with Crippen molar-refractivity contribution in [2.24, 2.45) is 9.98 Å². The molecule has 0 atom stereocenters. The van der Waals surface area contributed by atoms with Gasteiger partial charge in [-0.25, -0.2) is 0 Å². The van der Waals surface area contributed by atoms with E-state index in [0.717, 1.165) is 56.3 Å². The molecule has 0 saturated heterocycles. The molecule has 0 fully saturated rings. The highest BCUT2D eigenvalue weighted by Gasteiger charge is 2.12. The molecule has 210 valence electrons. The van der Waals surface area contributed by atoms with Crippen molar-refractivity contribution in [3.8, 4) is 0 Å². The Balaban J connectivity index is 2.54. The Kier molecular flexibility index (Phi) is 15.9. The molecule has 2 heteroatoms. The molecule has 0 aliphatic rings. The maximum Gasteiger partial charge on any atom is 0.0636 e. The molecule has 0 aliphatic heterocycles. The van der Waals surface area contributed by atoms with Crippen LogP contribution in [-0.4, -0.2) is 11.4 Å². The zero-order chi connectivity index (χ0) is 27.6. The van der Waals surface area contributed by atoms with E-state index in [2.05, 4.69) is 77.9 Å². The third-order valence-electron chi connectivity index (χ3n) is 7.35. The van der Waals surface area contributed by atoms with E-state index in [1.807, 2.05) is 0 Å². The van der Waals surface area contributed by atoms with Crippen molar-refractivity contribution in [1.82, 2.24) is 0 Å². The van der Waals surface area contributed by atoms with Crippen LogP contribution in [0.15, 0.2) is 46.4 Å². The third kappa shape index (κ3) is 10.9. The molecule has 2 aromatic carbocycles. The van der Waals surface area contributed by atoms with Crippen LogP contribution in [0, 0.1) is 0 Å². The van der Waals surface area contributed by atoms with E-state index in [9.17, 15) is 0 Å². The fourth-order valence-corrected chi connectivity index (χ4v) is 5.30. The van der Waals surface area contributed by atoms with Gasteiger partial charge in [-0.1, -0.05) is 105 Å². The summed E-state index contributed by atoms with van der Waals surface area (Å²) in [5.74, 6) is 0. The Morgan fingerprint density at radius 1 is 0.447 bits per heavy atom. The average molecular weight is 517 g/mol. The molecule has 0 unspecified atom stereocenters. The first-order valence-electron chi connectivity index (χ1n) is 16.0. The zero-order valence-electron chi connectivity index (χ0n) is 25.7. The number of aryl methyl sites for hydroxylation is 4. The summed E-state index contributed by atoms with van der Waals surface area (Å²) in [6.07, 6.45) is 18.6. The van der Waals surface area contributed by atoms with E-state index in [1.165, 1.54) is 91.5 Å². The highest BCUT2D eigenvalue weighted by molar-refractivity contribution is 6.43. The summed E-state index contributed by atoms with van der Waals surface area (Å²) in [5.41, 5.74) is 10.5. The summed E-state index contributed by atoms with van der Waals surface area (Å²) in [7, 11) is 0. The molecule has 0 radical (unpaired) electrons. The lowest BCUT2D eigenvalue weighted by molar-refractivity contribution is 0.683. The minimum Gasteiger partial charge on any atom is -0.252 e. The van der Waals surface area contributed by atoms with E-state index < -0.39 is 0 Å². The lowest BCUT2D eigenvalue weighted by Crippen LogP contribution is -2.14. The molecular formula is C36H56N2. The van der Waals surface area contributed by atoms with Gasteiger partial charge in [0.05, 0.1) is 22.8 Å². The van der Waals surface area contributed by atoms with E-state index in [1.54, 1.807) is 0 Å². The maximum atomic E-state index is 5.34. The summed E-state index contributed by atoms with van der Waals surface area (Å²) < 4.78 is 0. The Hall–Kier alpha value is -2.22. The number of hydrogen-bond acceptors (Lipinski definition) is 2. The van der Waals surface area contributed by atoms with Crippen molar-refractivity contribution < 1.29 is 0 Å². The Bertz CT molecular complexity index is 998. The van der Waals surface area contributed by atoms with Gasteiger partial charge >= 0.3 is 0 Å². The van der Waals surface area contributed by atoms with E-state index in [-0.39, 0.29) is 0 Å². The zero-order valence-corrected chi connectivity index (χ0v) is 25.7. The standard InChI is InChI=1S/C36H56N2/c1-7-13-15-16-22-36(38-34-26-24-30(18-10-4)32(28-34)20-12-6)35(21-14-8-2)37-33-25-23-29(17-9-3)31(27-33)19-11-5/h23-28H,7-22H2,1-6H3. The van der Waals surface area contributed by atoms with Crippen molar-refractivity contribution in [2.45, 2.75) is 144 Å². The van der Waals surface area contributed by atoms with Crippen molar-refractivity contribution in [1.29, 1.82) is 0 Å². The molecule has 0 N–H and O–H groups in total. The van der Waals surface area contributed by atoms with Gasteiger partial charge < -0.3 is 0 Å². The topological polar surface area (TPSA) is 24.7 Å². The largest absolute Gasteiger partial charge is 0.252 e. The van der Waals surface area contributed by atoms with Gasteiger partial charge in [0, 0.05) is 0 Å². The smallest absolute Gasteiger partial charge is 0.0636 e. The number of rotatable bonds is 19. The summed E-state index contributed by atoms with van der Waals surface area (Å²) in [6, 6.07) is 13.8. The molecule has 0 amide bonds. The molecule has 0 bridgehead atoms. The predicted octanol–water partition coefficient (Wildman–Crippen LogP) is 11.5. The molecule has 38 heavy (non-hydrogen) atoms.